The maximum atomic E-state index is 8.80. The Kier molecular flexibility index (Phi) is 6.42. The van der Waals surface area contributed by atoms with Gasteiger partial charge in [-0.2, -0.15) is 17.0 Å². The van der Waals surface area contributed by atoms with Gasteiger partial charge in [0.2, 0.25) is 0 Å². The normalized spacial score (nSPS) is 25.0. The summed E-state index contributed by atoms with van der Waals surface area (Å²) in [5, 5.41) is 9.56. The molecule has 0 spiro atoms. The van der Waals surface area contributed by atoms with Crippen LogP contribution in [0, 0.1) is 11.3 Å². The predicted octanol–water partition coefficient (Wildman–Crippen LogP) is 2.84. The molecule has 0 aromatic heterocycles. The predicted molar refractivity (Wildman–Crippen MR) is 99.6 cm³/mol. The lowest BCUT2D eigenvalue weighted by molar-refractivity contribution is 0.222. The number of rotatable bonds is 7. The highest BCUT2D eigenvalue weighted by molar-refractivity contribution is 7.99. The molecule has 2 fully saturated rings. The van der Waals surface area contributed by atoms with E-state index < -0.39 is 0 Å². The first kappa shape index (κ1) is 17.6. The van der Waals surface area contributed by atoms with Gasteiger partial charge in [-0.1, -0.05) is 0 Å². The lowest BCUT2D eigenvalue weighted by Gasteiger charge is -2.27. The fourth-order valence-electron chi connectivity index (χ4n) is 3.77. The molecule has 130 valence electrons. The van der Waals surface area contributed by atoms with E-state index in [4.69, 9.17) is 10.00 Å². The Morgan fingerprint density at radius 3 is 2.62 bits per heavy atom. The van der Waals surface area contributed by atoms with Crippen molar-refractivity contribution in [3.63, 3.8) is 0 Å². The average Bonchev–Trinajstić information content (AvgIpc) is 3.28. The SMILES string of the molecule is CS[C@@H]1CN(CCCOc2ccc(C#N)cc2)C[C@@H]1N1CCCC1. The monoisotopic (exact) mass is 345 g/mol. The minimum atomic E-state index is 0.676. The van der Waals surface area contributed by atoms with Crippen LogP contribution in [-0.4, -0.2) is 66.7 Å². The second-order valence-electron chi connectivity index (χ2n) is 6.68. The van der Waals surface area contributed by atoms with Crippen molar-refractivity contribution < 1.29 is 4.74 Å². The molecule has 0 saturated carbocycles. The number of hydrogen-bond donors (Lipinski definition) is 0. The van der Waals surface area contributed by atoms with Crippen LogP contribution in [0.15, 0.2) is 24.3 Å². The molecule has 4 nitrogen and oxygen atoms in total. The van der Waals surface area contributed by atoms with E-state index in [0.717, 1.165) is 36.6 Å². The number of benzene rings is 1. The van der Waals surface area contributed by atoms with E-state index >= 15 is 0 Å². The fraction of sp³-hybridized carbons (Fsp3) is 0.632. The summed E-state index contributed by atoms with van der Waals surface area (Å²) >= 11 is 2.03. The smallest absolute Gasteiger partial charge is 0.119 e. The Hall–Kier alpha value is -1.22. The second kappa shape index (κ2) is 8.75. The van der Waals surface area contributed by atoms with E-state index in [1.807, 2.05) is 23.9 Å². The molecule has 0 unspecified atom stereocenters. The molecule has 2 aliphatic heterocycles. The van der Waals surface area contributed by atoms with Gasteiger partial charge in [0, 0.05) is 30.9 Å². The highest BCUT2D eigenvalue weighted by atomic mass is 32.2. The van der Waals surface area contributed by atoms with Crippen molar-refractivity contribution in [3.05, 3.63) is 29.8 Å². The molecular formula is C19H27N3OS. The van der Waals surface area contributed by atoms with Gasteiger partial charge in [-0.3, -0.25) is 4.90 Å². The van der Waals surface area contributed by atoms with Gasteiger partial charge in [0.25, 0.3) is 0 Å². The summed E-state index contributed by atoms with van der Waals surface area (Å²) in [5.74, 6) is 0.854. The molecule has 1 aromatic carbocycles. The van der Waals surface area contributed by atoms with Crippen LogP contribution in [0.3, 0.4) is 0 Å². The number of ether oxygens (including phenoxy) is 1. The molecule has 2 atom stereocenters. The van der Waals surface area contributed by atoms with Crippen molar-refractivity contribution in [1.82, 2.24) is 9.80 Å². The van der Waals surface area contributed by atoms with E-state index in [1.165, 1.54) is 39.0 Å². The van der Waals surface area contributed by atoms with Crippen molar-refractivity contribution in [2.45, 2.75) is 30.6 Å². The fourth-order valence-corrected chi connectivity index (χ4v) is 4.71. The standard InChI is InChI=1S/C19H27N3OS/c1-24-19-15-21(14-18(19)22-10-2-3-11-22)9-4-12-23-17-7-5-16(13-20)6-8-17/h5-8,18-19H,2-4,9-12,14-15H2,1H3/t18-,19+/m0/s1. The quantitative estimate of drug-likeness (QED) is 0.711. The van der Waals surface area contributed by atoms with E-state index in [-0.39, 0.29) is 0 Å². The molecule has 5 heteroatoms. The zero-order valence-corrected chi connectivity index (χ0v) is 15.3. The first-order valence-corrected chi connectivity index (χ1v) is 10.2. The van der Waals surface area contributed by atoms with Crippen LogP contribution < -0.4 is 4.74 Å². The van der Waals surface area contributed by atoms with Crippen LogP contribution in [-0.2, 0) is 0 Å². The second-order valence-corrected chi connectivity index (χ2v) is 7.76. The minimum Gasteiger partial charge on any atom is -0.494 e. The number of likely N-dealkylation sites (tertiary alicyclic amines) is 2. The van der Waals surface area contributed by atoms with Crippen molar-refractivity contribution in [1.29, 1.82) is 5.26 Å². The van der Waals surface area contributed by atoms with E-state index in [0.29, 0.717) is 5.56 Å². The van der Waals surface area contributed by atoms with Gasteiger partial charge >= 0.3 is 0 Å². The topological polar surface area (TPSA) is 39.5 Å². The summed E-state index contributed by atoms with van der Waals surface area (Å²) in [4.78, 5) is 5.31. The molecule has 3 rings (SSSR count). The number of thioether (sulfide) groups is 1. The van der Waals surface area contributed by atoms with Gasteiger partial charge in [0.05, 0.1) is 18.2 Å². The van der Waals surface area contributed by atoms with E-state index in [2.05, 4.69) is 22.1 Å². The Bertz CT molecular complexity index is 551. The molecular weight excluding hydrogens is 318 g/mol. The maximum Gasteiger partial charge on any atom is 0.119 e. The number of hydrogen-bond acceptors (Lipinski definition) is 5. The van der Waals surface area contributed by atoms with Crippen LogP contribution >= 0.6 is 11.8 Å². The lowest BCUT2D eigenvalue weighted by atomic mass is 10.2. The van der Waals surface area contributed by atoms with E-state index in [1.54, 1.807) is 12.1 Å². The van der Waals surface area contributed by atoms with Gasteiger partial charge in [-0.15, -0.1) is 0 Å². The van der Waals surface area contributed by atoms with Crippen molar-refractivity contribution in [2.24, 2.45) is 0 Å². The molecule has 1 aromatic rings. The van der Waals surface area contributed by atoms with Crippen LogP contribution in [0.5, 0.6) is 5.75 Å². The van der Waals surface area contributed by atoms with E-state index in [9.17, 15) is 0 Å². The Morgan fingerprint density at radius 1 is 1.21 bits per heavy atom. The Morgan fingerprint density at radius 2 is 1.96 bits per heavy atom. The molecule has 24 heavy (non-hydrogen) atoms. The summed E-state index contributed by atoms with van der Waals surface area (Å²) in [6.07, 6.45) is 6.05. The van der Waals surface area contributed by atoms with Crippen LogP contribution in [0.4, 0.5) is 0 Å². The highest BCUT2D eigenvalue weighted by Gasteiger charge is 2.36. The summed E-state index contributed by atoms with van der Waals surface area (Å²) in [6, 6.07) is 10.2. The lowest BCUT2D eigenvalue weighted by Crippen LogP contribution is -2.40. The number of nitrogens with zero attached hydrogens (tertiary/aromatic N) is 3. The molecule has 0 N–H and O–H groups in total. The molecule has 2 heterocycles. The van der Waals surface area contributed by atoms with Crippen molar-refractivity contribution in [3.8, 4) is 11.8 Å². The highest BCUT2D eigenvalue weighted by Crippen LogP contribution is 2.27. The van der Waals surface area contributed by atoms with Gasteiger partial charge in [0.15, 0.2) is 0 Å². The zero-order chi connectivity index (χ0) is 16.8. The Labute approximate surface area is 149 Å². The molecule has 2 aliphatic rings. The zero-order valence-electron chi connectivity index (χ0n) is 14.5. The van der Waals surface area contributed by atoms with Crippen LogP contribution in [0.25, 0.3) is 0 Å². The van der Waals surface area contributed by atoms with Gasteiger partial charge in [-0.05, 0) is 62.9 Å². The molecule has 0 bridgehead atoms. The van der Waals surface area contributed by atoms with Gasteiger partial charge < -0.3 is 9.64 Å². The maximum absolute atomic E-state index is 8.80. The first-order valence-electron chi connectivity index (χ1n) is 8.92. The summed E-state index contributed by atoms with van der Waals surface area (Å²) in [5.41, 5.74) is 0.676. The first-order chi connectivity index (χ1) is 11.8. The summed E-state index contributed by atoms with van der Waals surface area (Å²) in [6.45, 7) is 6.84. The third-order valence-corrected chi connectivity index (χ3v) is 6.16. The van der Waals surface area contributed by atoms with Crippen LogP contribution in [0.1, 0.15) is 24.8 Å². The molecule has 0 amide bonds. The van der Waals surface area contributed by atoms with Gasteiger partial charge in [0.1, 0.15) is 5.75 Å². The van der Waals surface area contributed by atoms with Crippen LogP contribution in [0.2, 0.25) is 0 Å². The van der Waals surface area contributed by atoms with Crippen molar-refractivity contribution >= 4 is 11.8 Å². The number of nitriles is 1. The average molecular weight is 346 g/mol. The largest absolute Gasteiger partial charge is 0.494 e. The summed E-state index contributed by atoms with van der Waals surface area (Å²) in [7, 11) is 0. The third-order valence-electron chi connectivity index (χ3n) is 5.10. The molecule has 2 saturated heterocycles. The van der Waals surface area contributed by atoms with Crippen molar-refractivity contribution in [2.75, 3.05) is 45.6 Å². The minimum absolute atomic E-state index is 0.676. The van der Waals surface area contributed by atoms with Gasteiger partial charge in [-0.25, -0.2) is 0 Å². The molecule has 0 aliphatic carbocycles. The summed E-state index contributed by atoms with van der Waals surface area (Å²) < 4.78 is 5.79. The third kappa shape index (κ3) is 4.44. The molecule has 0 radical (unpaired) electrons. The Balaban J connectivity index is 1.39.